The first kappa shape index (κ1) is 20.3. The number of carbonyl (C=O) groups excluding carboxylic acids is 3. The first-order valence-electron chi connectivity index (χ1n) is 9.86. The fourth-order valence-corrected chi connectivity index (χ4v) is 4.19. The van der Waals surface area contributed by atoms with Gasteiger partial charge in [-0.05, 0) is 42.5 Å². The lowest BCUT2D eigenvalue weighted by Gasteiger charge is -2.39. The first-order valence-corrected chi connectivity index (χ1v) is 9.86. The molecule has 0 aromatic heterocycles. The molecule has 0 radical (unpaired) electrons. The highest BCUT2D eigenvalue weighted by molar-refractivity contribution is 5.93. The lowest BCUT2D eigenvalue weighted by atomic mass is 9.77. The monoisotopic (exact) mass is 390 g/mol. The van der Waals surface area contributed by atoms with Crippen LogP contribution in [0.5, 0.6) is 0 Å². The fourth-order valence-electron chi connectivity index (χ4n) is 4.19. The molecule has 0 unspecified atom stereocenters. The van der Waals surface area contributed by atoms with Gasteiger partial charge in [0.25, 0.3) is 5.91 Å². The van der Waals surface area contributed by atoms with E-state index in [2.05, 4.69) is 19.2 Å². The fraction of sp³-hybridized carbons (Fsp3) is 0.571. The van der Waals surface area contributed by atoms with Crippen molar-refractivity contribution >= 4 is 23.5 Å². The Balaban J connectivity index is 1.49. The number of rotatable bonds is 5. The lowest BCUT2D eigenvalue weighted by Crippen LogP contribution is -2.45. The minimum atomic E-state index is -0.532. The van der Waals surface area contributed by atoms with Crippen molar-refractivity contribution in [1.82, 2.24) is 4.90 Å². The van der Waals surface area contributed by atoms with Gasteiger partial charge in [0, 0.05) is 24.7 Å². The van der Waals surface area contributed by atoms with E-state index in [0.717, 1.165) is 12.8 Å². The zero-order valence-corrected chi connectivity index (χ0v) is 16.3. The van der Waals surface area contributed by atoms with E-state index in [-0.39, 0.29) is 18.4 Å². The molecule has 1 saturated carbocycles. The van der Waals surface area contributed by atoms with Crippen LogP contribution in [0, 0.1) is 23.6 Å². The molecule has 1 N–H and O–H groups in total. The van der Waals surface area contributed by atoms with E-state index in [4.69, 9.17) is 4.74 Å². The Bertz CT molecular complexity index is 736. The normalized spacial score (nSPS) is 27.5. The Labute approximate surface area is 164 Å². The number of halogens is 1. The van der Waals surface area contributed by atoms with Crippen molar-refractivity contribution in [2.24, 2.45) is 17.8 Å². The summed E-state index contributed by atoms with van der Waals surface area (Å²) in [5, 5.41) is 2.53. The second-order valence-electron chi connectivity index (χ2n) is 7.94. The number of ether oxygens (including phenoxy) is 1. The molecule has 0 spiro atoms. The SMILES string of the molecule is C[C@@H]1[C@@H](C)CCC[C@@H]1N1C[C@H](C(=O)OCC(=O)Nc2ccc(F)cc2)CC1=O. The number of carbonyl (C=O) groups is 3. The first-order chi connectivity index (χ1) is 13.3. The summed E-state index contributed by atoms with van der Waals surface area (Å²) >= 11 is 0. The summed E-state index contributed by atoms with van der Waals surface area (Å²) in [5.41, 5.74) is 0.421. The van der Waals surface area contributed by atoms with Gasteiger partial charge in [0.15, 0.2) is 6.61 Å². The van der Waals surface area contributed by atoms with Gasteiger partial charge >= 0.3 is 5.97 Å². The van der Waals surface area contributed by atoms with E-state index in [9.17, 15) is 18.8 Å². The maximum Gasteiger partial charge on any atom is 0.311 e. The third-order valence-electron chi connectivity index (χ3n) is 6.03. The number of hydrogen-bond acceptors (Lipinski definition) is 4. The van der Waals surface area contributed by atoms with Crippen molar-refractivity contribution in [1.29, 1.82) is 0 Å². The standard InChI is InChI=1S/C21H27FN2O4/c1-13-4-3-5-18(14(13)2)24-11-15(10-20(24)26)21(27)28-12-19(25)23-17-8-6-16(22)7-9-17/h6-9,13-15,18H,3-5,10-12H2,1-2H3,(H,23,25)/t13-,14+,15+,18-/m0/s1. The highest BCUT2D eigenvalue weighted by Gasteiger charge is 2.42. The van der Waals surface area contributed by atoms with Gasteiger partial charge in [-0.25, -0.2) is 4.39 Å². The van der Waals surface area contributed by atoms with E-state index >= 15 is 0 Å². The molecule has 152 valence electrons. The number of esters is 1. The molecule has 2 fully saturated rings. The molecule has 2 amide bonds. The number of likely N-dealkylation sites (tertiary alicyclic amines) is 1. The van der Waals surface area contributed by atoms with Gasteiger partial charge in [-0.3, -0.25) is 14.4 Å². The van der Waals surface area contributed by atoms with Crippen LogP contribution in [0.25, 0.3) is 0 Å². The third kappa shape index (κ3) is 4.69. The highest BCUT2D eigenvalue weighted by atomic mass is 19.1. The van der Waals surface area contributed by atoms with Crippen molar-refractivity contribution < 1.29 is 23.5 Å². The van der Waals surface area contributed by atoms with Gasteiger partial charge < -0.3 is 15.0 Å². The van der Waals surface area contributed by atoms with Crippen LogP contribution in [-0.2, 0) is 19.1 Å². The van der Waals surface area contributed by atoms with Crippen LogP contribution in [0.2, 0.25) is 0 Å². The van der Waals surface area contributed by atoms with Gasteiger partial charge in [-0.15, -0.1) is 0 Å². The Morgan fingerprint density at radius 2 is 1.93 bits per heavy atom. The highest BCUT2D eigenvalue weighted by Crippen LogP contribution is 2.35. The summed E-state index contributed by atoms with van der Waals surface area (Å²) in [5.74, 6) is -1.00. The van der Waals surface area contributed by atoms with E-state index in [1.54, 1.807) is 0 Å². The van der Waals surface area contributed by atoms with Crippen molar-refractivity contribution in [3.8, 4) is 0 Å². The predicted octanol–water partition coefficient (Wildman–Crippen LogP) is 2.98. The van der Waals surface area contributed by atoms with Crippen molar-refractivity contribution in [2.45, 2.75) is 45.6 Å². The van der Waals surface area contributed by atoms with Gasteiger partial charge in [0.05, 0.1) is 5.92 Å². The molecule has 1 aliphatic carbocycles. The maximum atomic E-state index is 12.9. The quantitative estimate of drug-likeness (QED) is 0.785. The molecule has 1 aliphatic heterocycles. The minimum absolute atomic E-state index is 0.0105. The topological polar surface area (TPSA) is 75.7 Å². The Hall–Kier alpha value is -2.44. The zero-order valence-electron chi connectivity index (χ0n) is 16.3. The second-order valence-corrected chi connectivity index (χ2v) is 7.94. The number of amides is 2. The smallest absolute Gasteiger partial charge is 0.311 e. The van der Waals surface area contributed by atoms with Crippen LogP contribution in [-0.4, -0.2) is 41.9 Å². The van der Waals surface area contributed by atoms with E-state index in [0.29, 0.717) is 24.1 Å². The second kappa shape index (κ2) is 8.71. The van der Waals surface area contributed by atoms with Crippen LogP contribution >= 0.6 is 0 Å². The summed E-state index contributed by atoms with van der Waals surface area (Å²) in [7, 11) is 0. The number of nitrogens with zero attached hydrogens (tertiary/aromatic N) is 1. The molecule has 1 saturated heterocycles. The van der Waals surface area contributed by atoms with E-state index in [1.165, 1.54) is 30.7 Å². The molecule has 3 rings (SSSR count). The number of nitrogens with one attached hydrogen (secondary N) is 1. The molecule has 7 heteroatoms. The van der Waals surface area contributed by atoms with Crippen LogP contribution in [0.4, 0.5) is 10.1 Å². The molecule has 1 heterocycles. The average molecular weight is 390 g/mol. The maximum absolute atomic E-state index is 12.9. The van der Waals surface area contributed by atoms with E-state index < -0.39 is 30.2 Å². The summed E-state index contributed by atoms with van der Waals surface area (Å²) in [4.78, 5) is 38.5. The predicted molar refractivity (Wildman–Crippen MR) is 102 cm³/mol. The molecule has 0 bridgehead atoms. The summed E-state index contributed by atoms with van der Waals surface area (Å²) in [6, 6.07) is 5.49. The van der Waals surface area contributed by atoms with Crippen molar-refractivity contribution in [3.63, 3.8) is 0 Å². The molecular weight excluding hydrogens is 363 g/mol. The van der Waals surface area contributed by atoms with Crippen molar-refractivity contribution in [2.75, 3.05) is 18.5 Å². The van der Waals surface area contributed by atoms with Crippen LogP contribution < -0.4 is 5.32 Å². The molecule has 4 atom stereocenters. The van der Waals surface area contributed by atoms with Gasteiger partial charge in [-0.1, -0.05) is 26.7 Å². The zero-order chi connectivity index (χ0) is 20.3. The Kier molecular flexibility index (Phi) is 6.31. The van der Waals surface area contributed by atoms with Crippen LogP contribution in [0.1, 0.15) is 39.5 Å². The summed E-state index contributed by atoms with van der Waals surface area (Å²) in [6.45, 7) is 4.31. The van der Waals surface area contributed by atoms with Gasteiger partial charge in [-0.2, -0.15) is 0 Å². The van der Waals surface area contributed by atoms with Crippen LogP contribution in [0.15, 0.2) is 24.3 Å². The number of benzene rings is 1. The Morgan fingerprint density at radius 3 is 2.64 bits per heavy atom. The summed E-state index contributed by atoms with van der Waals surface area (Å²) < 4.78 is 18.0. The molecule has 1 aromatic carbocycles. The number of anilines is 1. The molecule has 2 aliphatic rings. The summed E-state index contributed by atoms with van der Waals surface area (Å²) in [6.07, 6.45) is 3.38. The van der Waals surface area contributed by atoms with Crippen molar-refractivity contribution in [3.05, 3.63) is 30.1 Å². The lowest BCUT2D eigenvalue weighted by molar-refractivity contribution is -0.151. The van der Waals surface area contributed by atoms with Gasteiger partial charge in [0.2, 0.25) is 5.91 Å². The number of hydrogen-bond donors (Lipinski definition) is 1. The third-order valence-corrected chi connectivity index (χ3v) is 6.03. The van der Waals surface area contributed by atoms with Crippen LogP contribution in [0.3, 0.4) is 0 Å². The molecule has 28 heavy (non-hydrogen) atoms. The molecule has 6 nitrogen and oxygen atoms in total. The largest absolute Gasteiger partial charge is 0.455 e. The van der Waals surface area contributed by atoms with E-state index in [1.807, 2.05) is 4.90 Å². The molecule has 1 aromatic rings. The Morgan fingerprint density at radius 1 is 1.21 bits per heavy atom. The molecular formula is C21H27FN2O4. The van der Waals surface area contributed by atoms with Gasteiger partial charge in [0.1, 0.15) is 5.82 Å². The minimum Gasteiger partial charge on any atom is -0.455 e. The average Bonchev–Trinajstić information content (AvgIpc) is 3.05.